The van der Waals surface area contributed by atoms with Crippen LogP contribution in [0.25, 0.3) is 11.5 Å². The smallest absolute Gasteiger partial charge is 0.226 e. The maximum absolute atomic E-state index is 11.0. The molecule has 1 aliphatic rings. The van der Waals surface area contributed by atoms with Crippen LogP contribution < -0.4 is 5.73 Å². The normalized spacial score (nSPS) is 16.6. The molecular formula is C17H20ClN3O2. The van der Waals surface area contributed by atoms with Crippen molar-refractivity contribution < 1.29 is 9.21 Å². The van der Waals surface area contributed by atoms with Crippen molar-refractivity contribution in [2.75, 3.05) is 13.1 Å². The van der Waals surface area contributed by atoms with E-state index in [0.29, 0.717) is 23.3 Å². The molecule has 1 amide bonds. The highest BCUT2D eigenvalue weighted by Crippen LogP contribution is 2.24. The summed E-state index contributed by atoms with van der Waals surface area (Å²) in [7, 11) is 0. The molecule has 0 bridgehead atoms. The molecule has 2 N–H and O–H groups in total. The number of hydrogen-bond donors (Lipinski definition) is 1. The van der Waals surface area contributed by atoms with Crippen molar-refractivity contribution >= 4 is 17.5 Å². The lowest BCUT2D eigenvalue weighted by Gasteiger charge is -2.30. The molecule has 1 saturated heterocycles. The standard InChI is InChI=1S/C17H20ClN3O2/c18-14-3-1-13(2-4-14)17-20-15(11-23-17)10-21-7-5-12(6-8-21)9-16(19)22/h1-4,11-12H,5-10H2,(H2,19,22). The van der Waals surface area contributed by atoms with Crippen molar-refractivity contribution in [1.82, 2.24) is 9.88 Å². The summed E-state index contributed by atoms with van der Waals surface area (Å²) in [6.45, 7) is 2.68. The van der Waals surface area contributed by atoms with Gasteiger partial charge in [-0.3, -0.25) is 9.69 Å². The van der Waals surface area contributed by atoms with E-state index in [4.69, 9.17) is 21.8 Å². The number of carbonyl (C=O) groups excluding carboxylic acids is 1. The second-order valence-electron chi connectivity index (χ2n) is 6.04. The number of hydrogen-bond acceptors (Lipinski definition) is 4. The fourth-order valence-electron chi connectivity index (χ4n) is 2.97. The van der Waals surface area contributed by atoms with Crippen LogP contribution in [0.5, 0.6) is 0 Å². The molecule has 1 aromatic carbocycles. The lowest BCUT2D eigenvalue weighted by Crippen LogP contribution is -2.34. The summed E-state index contributed by atoms with van der Waals surface area (Å²) in [6.07, 6.45) is 4.22. The van der Waals surface area contributed by atoms with E-state index in [1.54, 1.807) is 6.26 Å². The summed E-state index contributed by atoms with van der Waals surface area (Å²) in [5.41, 5.74) is 7.10. The van der Waals surface area contributed by atoms with Crippen LogP contribution in [0.3, 0.4) is 0 Å². The Balaban J connectivity index is 1.56. The van der Waals surface area contributed by atoms with E-state index in [0.717, 1.165) is 43.7 Å². The van der Waals surface area contributed by atoms with Crippen LogP contribution in [0, 0.1) is 5.92 Å². The Morgan fingerprint density at radius 3 is 2.65 bits per heavy atom. The number of piperidine rings is 1. The maximum atomic E-state index is 11.0. The maximum Gasteiger partial charge on any atom is 0.226 e. The zero-order valence-corrected chi connectivity index (χ0v) is 13.6. The fourth-order valence-corrected chi connectivity index (χ4v) is 3.09. The number of amides is 1. The highest BCUT2D eigenvalue weighted by Gasteiger charge is 2.21. The number of oxazole rings is 1. The second kappa shape index (κ2) is 7.15. The van der Waals surface area contributed by atoms with E-state index in [-0.39, 0.29) is 5.91 Å². The minimum absolute atomic E-state index is 0.201. The van der Waals surface area contributed by atoms with Gasteiger partial charge in [-0.25, -0.2) is 4.98 Å². The van der Waals surface area contributed by atoms with Crippen molar-refractivity contribution in [2.24, 2.45) is 11.7 Å². The van der Waals surface area contributed by atoms with Crippen LogP contribution in [0.15, 0.2) is 34.9 Å². The fraction of sp³-hybridized carbons (Fsp3) is 0.412. The van der Waals surface area contributed by atoms with E-state index in [9.17, 15) is 4.79 Å². The predicted octanol–water partition coefficient (Wildman–Crippen LogP) is 3.08. The Morgan fingerprint density at radius 1 is 1.30 bits per heavy atom. The van der Waals surface area contributed by atoms with Gasteiger partial charge < -0.3 is 10.2 Å². The SMILES string of the molecule is NC(=O)CC1CCN(Cc2coc(-c3ccc(Cl)cc3)n2)CC1. The molecule has 0 radical (unpaired) electrons. The first kappa shape index (κ1) is 16.0. The van der Waals surface area contributed by atoms with E-state index in [1.165, 1.54) is 0 Å². The van der Waals surface area contributed by atoms with E-state index in [2.05, 4.69) is 9.88 Å². The number of carbonyl (C=O) groups is 1. The van der Waals surface area contributed by atoms with Gasteiger partial charge in [0, 0.05) is 23.6 Å². The number of benzene rings is 1. The average Bonchev–Trinajstić information content (AvgIpc) is 2.98. The number of likely N-dealkylation sites (tertiary alicyclic amines) is 1. The quantitative estimate of drug-likeness (QED) is 0.912. The van der Waals surface area contributed by atoms with Gasteiger partial charge in [-0.2, -0.15) is 0 Å². The van der Waals surface area contributed by atoms with Crippen LogP contribution in [-0.4, -0.2) is 28.9 Å². The first-order chi connectivity index (χ1) is 11.1. The molecule has 5 nitrogen and oxygen atoms in total. The zero-order valence-electron chi connectivity index (χ0n) is 12.9. The molecule has 0 atom stereocenters. The Labute approximate surface area is 140 Å². The molecule has 3 rings (SSSR count). The molecule has 0 spiro atoms. The highest BCUT2D eigenvalue weighted by molar-refractivity contribution is 6.30. The molecule has 0 aliphatic carbocycles. The third kappa shape index (κ3) is 4.33. The van der Waals surface area contributed by atoms with Gasteiger partial charge in [-0.05, 0) is 56.1 Å². The molecule has 1 fully saturated rings. The van der Waals surface area contributed by atoms with Crippen LogP contribution in [-0.2, 0) is 11.3 Å². The number of aromatic nitrogens is 1. The van der Waals surface area contributed by atoms with Gasteiger partial charge in [-0.15, -0.1) is 0 Å². The third-order valence-corrected chi connectivity index (χ3v) is 4.48. The second-order valence-corrected chi connectivity index (χ2v) is 6.48. The van der Waals surface area contributed by atoms with Gasteiger partial charge in [0.05, 0.1) is 5.69 Å². The molecule has 2 heterocycles. The number of nitrogens with two attached hydrogens (primary N) is 1. The van der Waals surface area contributed by atoms with Crippen molar-refractivity contribution in [1.29, 1.82) is 0 Å². The Kier molecular flexibility index (Phi) is 4.98. The van der Waals surface area contributed by atoms with Crippen molar-refractivity contribution in [2.45, 2.75) is 25.8 Å². The predicted molar refractivity (Wildman–Crippen MR) is 88.8 cm³/mol. The van der Waals surface area contributed by atoms with Crippen LogP contribution in [0.2, 0.25) is 5.02 Å². The van der Waals surface area contributed by atoms with Gasteiger partial charge in [0.15, 0.2) is 0 Å². The first-order valence-corrected chi connectivity index (χ1v) is 8.19. The summed E-state index contributed by atoms with van der Waals surface area (Å²) in [5.74, 6) is 0.832. The molecule has 1 aromatic heterocycles. The molecule has 1 aliphatic heterocycles. The molecule has 2 aromatic rings. The van der Waals surface area contributed by atoms with Crippen molar-refractivity contribution in [3.63, 3.8) is 0 Å². The zero-order chi connectivity index (χ0) is 16.2. The summed E-state index contributed by atoms with van der Waals surface area (Å²) >= 11 is 5.89. The molecule has 0 saturated carbocycles. The van der Waals surface area contributed by atoms with Crippen molar-refractivity contribution in [3.05, 3.63) is 41.2 Å². The Bertz CT molecular complexity index is 661. The third-order valence-electron chi connectivity index (χ3n) is 4.23. The number of rotatable bonds is 5. The molecule has 6 heteroatoms. The Morgan fingerprint density at radius 2 is 2.00 bits per heavy atom. The van der Waals surface area contributed by atoms with Gasteiger partial charge in [0.2, 0.25) is 11.8 Å². The van der Waals surface area contributed by atoms with Gasteiger partial charge >= 0.3 is 0 Å². The molecule has 0 unspecified atom stereocenters. The summed E-state index contributed by atoms with van der Waals surface area (Å²) < 4.78 is 5.56. The monoisotopic (exact) mass is 333 g/mol. The van der Waals surface area contributed by atoms with Crippen molar-refractivity contribution in [3.8, 4) is 11.5 Å². The van der Waals surface area contributed by atoms with E-state index >= 15 is 0 Å². The highest BCUT2D eigenvalue weighted by atomic mass is 35.5. The summed E-state index contributed by atoms with van der Waals surface area (Å²) in [6, 6.07) is 7.44. The molecule has 122 valence electrons. The molecular weight excluding hydrogens is 314 g/mol. The lowest BCUT2D eigenvalue weighted by molar-refractivity contribution is -0.119. The minimum atomic E-state index is -0.201. The molecule has 23 heavy (non-hydrogen) atoms. The Hall–Kier alpha value is -1.85. The number of nitrogens with zero attached hydrogens (tertiary/aromatic N) is 2. The summed E-state index contributed by atoms with van der Waals surface area (Å²) in [4.78, 5) is 17.9. The topological polar surface area (TPSA) is 72.4 Å². The van der Waals surface area contributed by atoms with Crippen LogP contribution in [0.1, 0.15) is 25.0 Å². The average molecular weight is 334 g/mol. The largest absolute Gasteiger partial charge is 0.444 e. The summed E-state index contributed by atoms with van der Waals surface area (Å²) in [5, 5.41) is 0.694. The van der Waals surface area contributed by atoms with Crippen LogP contribution >= 0.6 is 11.6 Å². The van der Waals surface area contributed by atoms with E-state index < -0.39 is 0 Å². The van der Waals surface area contributed by atoms with Gasteiger partial charge in [-0.1, -0.05) is 11.6 Å². The van der Waals surface area contributed by atoms with Crippen LogP contribution in [0.4, 0.5) is 0 Å². The number of halogens is 1. The van der Waals surface area contributed by atoms with E-state index in [1.807, 2.05) is 24.3 Å². The minimum Gasteiger partial charge on any atom is -0.444 e. The van der Waals surface area contributed by atoms with Gasteiger partial charge in [0.25, 0.3) is 0 Å². The number of primary amides is 1. The van der Waals surface area contributed by atoms with Gasteiger partial charge in [0.1, 0.15) is 6.26 Å². The lowest BCUT2D eigenvalue weighted by atomic mass is 9.93. The first-order valence-electron chi connectivity index (χ1n) is 7.81.